The van der Waals surface area contributed by atoms with Gasteiger partial charge in [0.2, 0.25) is 0 Å². The highest BCUT2D eigenvalue weighted by atomic mass is 14.9. The highest BCUT2D eigenvalue weighted by Gasteiger charge is 2.53. The highest BCUT2D eigenvalue weighted by Crippen LogP contribution is 2.57. The Hall–Kier alpha value is -0.300. The van der Waals surface area contributed by atoms with Crippen LogP contribution in [0.1, 0.15) is 39.0 Å². The fourth-order valence-corrected chi connectivity index (χ4v) is 3.27. The Morgan fingerprint density at radius 1 is 1.36 bits per heavy atom. The molecule has 0 radical (unpaired) electrons. The Labute approximate surface area is 88.0 Å². The summed E-state index contributed by atoms with van der Waals surface area (Å²) < 4.78 is 0. The maximum absolute atomic E-state index is 3.97. The summed E-state index contributed by atoms with van der Waals surface area (Å²) in [6.07, 6.45) is 9.26. The minimum Gasteiger partial charge on any atom is -0.310 e. The number of rotatable bonds is 5. The maximum atomic E-state index is 3.97. The van der Waals surface area contributed by atoms with E-state index in [4.69, 9.17) is 0 Å². The molecule has 3 atom stereocenters. The molecule has 0 aromatic heterocycles. The van der Waals surface area contributed by atoms with Crippen LogP contribution < -0.4 is 5.32 Å². The van der Waals surface area contributed by atoms with E-state index in [1.165, 1.54) is 32.1 Å². The smallest absolute Gasteiger partial charge is 0.0281 e. The number of nitrogens with one attached hydrogen (secondary N) is 1. The third kappa shape index (κ3) is 1.88. The van der Waals surface area contributed by atoms with Crippen molar-refractivity contribution in [2.24, 2.45) is 17.8 Å². The topological polar surface area (TPSA) is 12.0 Å². The van der Waals surface area contributed by atoms with Gasteiger partial charge in [-0.1, -0.05) is 25.8 Å². The van der Waals surface area contributed by atoms with E-state index in [1.807, 2.05) is 0 Å². The van der Waals surface area contributed by atoms with Gasteiger partial charge < -0.3 is 5.32 Å². The largest absolute Gasteiger partial charge is 0.310 e. The standard InChI is InChI=1S/C13H23N/c1-3-9-14-12(4-2)13-10-7-5-6-8-11(10)13/h4,10-14H,2-3,5-9H2,1H3. The molecular weight excluding hydrogens is 170 g/mol. The molecule has 80 valence electrons. The Morgan fingerprint density at radius 2 is 2.00 bits per heavy atom. The lowest BCUT2D eigenvalue weighted by molar-refractivity contribution is 0.480. The van der Waals surface area contributed by atoms with Crippen molar-refractivity contribution in [2.45, 2.75) is 45.1 Å². The second-order valence-electron chi connectivity index (χ2n) is 4.91. The molecule has 0 spiro atoms. The molecule has 0 aliphatic heterocycles. The first kappa shape index (κ1) is 10.2. The maximum Gasteiger partial charge on any atom is 0.0281 e. The van der Waals surface area contributed by atoms with Crippen LogP contribution in [0.2, 0.25) is 0 Å². The van der Waals surface area contributed by atoms with Crippen molar-refractivity contribution in [3.8, 4) is 0 Å². The van der Waals surface area contributed by atoms with E-state index in [0.717, 1.165) is 24.3 Å². The molecule has 0 amide bonds. The first-order valence-electron chi connectivity index (χ1n) is 6.24. The molecule has 0 saturated heterocycles. The van der Waals surface area contributed by atoms with Gasteiger partial charge in [-0.25, -0.2) is 0 Å². The average molecular weight is 193 g/mol. The van der Waals surface area contributed by atoms with Crippen molar-refractivity contribution >= 4 is 0 Å². The van der Waals surface area contributed by atoms with Crippen LogP contribution in [0.3, 0.4) is 0 Å². The minimum absolute atomic E-state index is 0.600. The van der Waals surface area contributed by atoms with E-state index in [9.17, 15) is 0 Å². The average Bonchev–Trinajstić information content (AvgIpc) is 2.94. The fourth-order valence-electron chi connectivity index (χ4n) is 3.27. The van der Waals surface area contributed by atoms with Crippen LogP contribution in [0.4, 0.5) is 0 Å². The van der Waals surface area contributed by atoms with Crippen LogP contribution in [0.25, 0.3) is 0 Å². The molecular formula is C13H23N. The molecule has 1 nitrogen and oxygen atoms in total. The zero-order chi connectivity index (χ0) is 9.97. The van der Waals surface area contributed by atoms with Gasteiger partial charge >= 0.3 is 0 Å². The minimum atomic E-state index is 0.600. The Bertz CT molecular complexity index is 187. The van der Waals surface area contributed by atoms with Crippen LogP contribution >= 0.6 is 0 Å². The van der Waals surface area contributed by atoms with Crippen molar-refractivity contribution in [1.82, 2.24) is 5.32 Å². The predicted octanol–water partition coefficient (Wildman–Crippen LogP) is 2.98. The zero-order valence-electron chi connectivity index (χ0n) is 9.34. The van der Waals surface area contributed by atoms with Crippen LogP contribution in [0.5, 0.6) is 0 Å². The molecule has 3 unspecified atom stereocenters. The van der Waals surface area contributed by atoms with Crippen molar-refractivity contribution in [1.29, 1.82) is 0 Å². The summed E-state index contributed by atoms with van der Waals surface area (Å²) in [7, 11) is 0. The van der Waals surface area contributed by atoms with Gasteiger partial charge in [-0.05, 0) is 43.6 Å². The SMILES string of the molecule is C=CC(NCCC)C1C2CCCCC21. The summed E-state index contributed by atoms with van der Waals surface area (Å²) in [5.74, 6) is 3.01. The molecule has 2 rings (SSSR count). The zero-order valence-corrected chi connectivity index (χ0v) is 9.34. The molecule has 0 bridgehead atoms. The summed E-state index contributed by atoms with van der Waals surface area (Å²) in [4.78, 5) is 0. The van der Waals surface area contributed by atoms with Crippen molar-refractivity contribution < 1.29 is 0 Å². The van der Waals surface area contributed by atoms with E-state index in [0.29, 0.717) is 6.04 Å². The number of fused-ring (bicyclic) bond motifs is 1. The van der Waals surface area contributed by atoms with E-state index in [-0.39, 0.29) is 0 Å². The molecule has 1 N–H and O–H groups in total. The molecule has 0 aromatic rings. The normalized spacial score (nSPS) is 37.4. The Morgan fingerprint density at radius 3 is 2.50 bits per heavy atom. The van der Waals surface area contributed by atoms with E-state index in [2.05, 4.69) is 24.9 Å². The molecule has 1 heteroatoms. The molecule has 0 aromatic carbocycles. The lowest BCUT2D eigenvalue weighted by atomic mass is 10.0. The number of hydrogen-bond donors (Lipinski definition) is 1. The molecule has 2 aliphatic carbocycles. The van der Waals surface area contributed by atoms with Gasteiger partial charge in [-0.3, -0.25) is 0 Å². The van der Waals surface area contributed by atoms with Crippen molar-refractivity contribution in [2.75, 3.05) is 6.54 Å². The predicted molar refractivity (Wildman–Crippen MR) is 61.2 cm³/mol. The first-order valence-corrected chi connectivity index (χ1v) is 6.24. The third-order valence-corrected chi connectivity index (χ3v) is 4.02. The van der Waals surface area contributed by atoms with Gasteiger partial charge in [0.05, 0.1) is 0 Å². The second-order valence-corrected chi connectivity index (χ2v) is 4.91. The van der Waals surface area contributed by atoms with Gasteiger partial charge in [0.15, 0.2) is 0 Å². The van der Waals surface area contributed by atoms with Crippen LogP contribution in [-0.4, -0.2) is 12.6 Å². The molecule has 0 heterocycles. The summed E-state index contributed by atoms with van der Waals surface area (Å²) in [5, 5.41) is 3.62. The Kier molecular flexibility index (Phi) is 3.27. The highest BCUT2D eigenvalue weighted by molar-refractivity contribution is 5.09. The van der Waals surface area contributed by atoms with Gasteiger partial charge in [-0.15, -0.1) is 6.58 Å². The van der Waals surface area contributed by atoms with Crippen LogP contribution in [0, 0.1) is 17.8 Å². The monoisotopic (exact) mass is 193 g/mol. The van der Waals surface area contributed by atoms with Crippen LogP contribution in [0.15, 0.2) is 12.7 Å². The van der Waals surface area contributed by atoms with Gasteiger partial charge in [0.1, 0.15) is 0 Å². The molecule has 2 aliphatic rings. The lowest BCUT2D eigenvalue weighted by Gasteiger charge is -2.13. The third-order valence-electron chi connectivity index (χ3n) is 4.02. The quantitative estimate of drug-likeness (QED) is 0.662. The van der Waals surface area contributed by atoms with E-state index >= 15 is 0 Å². The van der Waals surface area contributed by atoms with Crippen molar-refractivity contribution in [3.05, 3.63) is 12.7 Å². The van der Waals surface area contributed by atoms with Gasteiger partial charge in [0.25, 0.3) is 0 Å². The fraction of sp³-hybridized carbons (Fsp3) is 0.846. The van der Waals surface area contributed by atoms with E-state index in [1.54, 1.807) is 0 Å². The summed E-state index contributed by atoms with van der Waals surface area (Å²) in [6.45, 7) is 7.35. The van der Waals surface area contributed by atoms with Crippen molar-refractivity contribution in [3.63, 3.8) is 0 Å². The number of hydrogen-bond acceptors (Lipinski definition) is 1. The van der Waals surface area contributed by atoms with Gasteiger partial charge in [0, 0.05) is 6.04 Å². The summed E-state index contributed by atoms with van der Waals surface area (Å²) in [5.41, 5.74) is 0. The van der Waals surface area contributed by atoms with E-state index < -0.39 is 0 Å². The Balaban J connectivity index is 1.84. The van der Waals surface area contributed by atoms with Crippen LogP contribution in [-0.2, 0) is 0 Å². The first-order chi connectivity index (χ1) is 6.88. The molecule has 2 saturated carbocycles. The second kappa shape index (κ2) is 4.48. The molecule has 14 heavy (non-hydrogen) atoms. The summed E-state index contributed by atoms with van der Waals surface area (Å²) >= 11 is 0. The molecule has 2 fully saturated rings. The summed E-state index contributed by atoms with van der Waals surface area (Å²) in [6, 6.07) is 0.600. The van der Waals surface area contributed by atoms with Gasteiger partial charge in [-0.2, -0.15) is 0 Å². The lowest BCUT2D eigenvalue weighted by Crippen LogP contribution is -2.30.